The molecule has 0 aliphatic heterocycles. The van der Waals surface area contributed by atoms with Crippen molar-refractivity contribution < 1.29 is 9.53 Å². The molecule has 0 bridgehead atoms. The molecule has 0 radical (unpaired) electrons. The molecule has 3 nitrogen and oxygen atoms in total. The maximum Gasteiger partial charge on any atom is 0.225 e. The van der Waals surface area contributed by atoms with E-state index in [9.17, 15) is 4.79 Å². The van der Waals surface area contributed by atoms with Crippen molar-refractivity contribution in [3.63, 3.8) is 0 Å². The molecule has 0 saturated heterocycles. The van der Waals surface area contributed by atoms with Gasteiger partial charge in [0.25, 0.3) is 0 Å². The number of methoxy groups -OCH3 is 1. The van der Waals surface area contributed by atoms with Gasteiger partial charge in [0.1, 0.15) is 5.75 Å². The lowest BCUT2D eigenvalue weighted by Gasteiger charge is -2.14. The van der Waals surface area contributed by atoms with Crippen molar-refractivity contribution in [1.82, 2.24) is 0 Å². The average molecular weight is 255 g/mol. The molecule has 0 saturated carbocycles. The van der Waals surface area contributed by atoms with E-state index in [0.29, 0.717) is 6.42 Å². The first-order valence-corrected chi connectivity index (χ1v) is 6.18. The van der Waals surface area contributed by atoms with Crippen LogP contribution in [0.1, 0.15) is 17.0 Å². The molecule has 98 valence electrons. The number of amides is 1. The van der Waals surface area contributed by atoms with Crippen molar-refractivity contribution in [2.45, 2.75) is 12.3 Å². The number of carbonyl (C=O) groups is 1. The Kier molecular flexibility index (Phi) is 4.18. The summed E-state index contributed by atoms with van der Waals surface area (Å²) in [4.78, 5) is 11.6. The van der Waals surface area contributed by atoms with Crippen LogP contribution in [0.25, 0.3) is 0 Å². The molecule has 0 aromatic heterocycles. The quantitative estimate of drug-likeness (QED) is 0.892. The minimum Gasteiger partial charge on any atom is -0.497 e. The number of primary amides is 1. The maximum atomic E-state index is 11.6. The summed E-state index contributed by atoms with van der Waals surface area (Å²) in [5.74, 6) is 0.204. The van der Waals surface area contributed by atoms with Gasteiger partial charge in [-0.1, -0.05) is 42.5 Å². The van der Waals surface area contributed by atoms with E-state index in [2.05, 4.69) is 0 Å². The number of carbonyl (C=O) groups excluding carboxylic acids is 1. The molecule has 1 amide bonds. The zero-order valence-electron chi connectivity index (χ0n) is 10.9. The minimum atomic E-state index is -0.304. The van der Waals surface area contributed by atoms with E-state index in [-0.39, 0.29) is 11.8 Å². The van der Waals surface area contributed by atoms with Crippen molar-refractivity contribution in [3.05, 3.63) is 65.7 Å². The van der Waals surface area contributed by atoms with Crippen LogP contribution in [0.3, 0.4) is 0 Å². The smallest absolute Gasteiger partial charge is 0.225 e. The highest BCUT2D eigenvalue weighted by molar-refractivity contribution is 5.82. The van der Waals surface area contributed by atoms with Crippen LogP contribution in [-0.4, -0.2) is 13.0 Å². The molecule has 0 spiro atoms. The second kappa shape index (κ2) is 6.05. The third-order valence-corrected chi connectivity index (χ3v) is 3.14. The van der Waals surface area contributed by atoms with Gasteiger partial charge in [0.15, 0.2) is 0 Å². The van der Waals surface area contributed by atoms with E-state index >= 15 is 0 Å². The van der Waals surface area contributed by atoms with E-state index in [1.54, 1.807) is 7.11 Å². The molecule has 0 aliphatic rings. The zero-order chi connectivity index (χ0) is 13.7. The summed E-state index contributed by atoms with van der Waals surface area (Å²) in [5, 5.41) is 0. The molecular formula is C16H17NO2. The van der Waals surface area contributed by atoms with Gasteiger partial charge >= 0.3 is 0 Å². The van der Waals surface area contributed by atoms with Crippen molar-refractivity contribution >= 4 is 5.91 Å². The Morgan fingerprint density at radius 2 is 1.74 bits per heavy atom. The van der Waals surface area contributed by atoms with Crippen LogP contribution in [0.15, 0.2) is 54.6 Å². The van der Waals surface area contributed by atoms with E-state index < -0.39 is 0 Å². The van der Waals surface area contributed by atoms with Crippen LogP contribution in [0.5, 0.6) is 5.75 Å². The number of hydrogen-bond donors (Lipinski definition) is 1. The SMILES string of the molecule is COc1ccc(CC(C(N)=O)c2ccccc2)cc1. The first-order chi connectivity index (χ1) is 9.20. The fraction of sp³-hybridized carbons (Fsp3) is 0.188. The Balaban J connectivity index is 2.19. The fourth-order valence-electron chi connectivity index (χ4n) is 2.07. The molecule has 0 aliphatic carbocycles. The molecule has 1 unspecified atom stereocenters. The largest absolute Gasteiger partial charge is 0.497 e. The highest BCUT2D eigenvalue weighted by atomic mass is 16.5. The highest BCUT2D eigenvalue weighted by Gasteiger charge is 2.17. The van der Waals surface area contributed by atoms with Crippen molar-refractivity contribution in [2.75, 3.05) is 7.11 Å². The Morgan fingerprint density at radius 3 is 2.26 bits per heavy atom. The van der Waals surface area contributed by atoms with E-state index in [4.69, 9.17) is 10.5 Å². The molecule has 2 aromatic carbocycles. The van der Waals surface area contributed by atoms with Gasteiger partial charge < -0.3 is 10.5 Å². The van der Waals surface area contributed by atoms with Crippen molar-refractivity contribution in [1.29, 1.82) is 0 Å². The van der Waals surface area contributed by atoms with Crippen LogP contribution in [0.2, 0.25) is 0 Å². The summed E-state index contributed by atoms with van der Waals surface area (Å²) in [5.41, 5.74) is 7.52. The van der Waals surface area contributed by atoms with Gasteiger partial charge in [0.05, 0.1) is 13.0 Å². The summed E-state index contributed by atoms with van der Waals surface area (Å²) >= 11 is 0. The van der Waals surface area contributed by atoms with Crippen LogP contribution in [0, 0.1) is 0 Å². The Hall–Kier alpha value is -2.29. The summed E-state index contributed by atoms with van der Waals surface area (Å²) in [6.45, 7) is 0. The normalized spacial score (nSPS) is 11.8. The highest BCUT2D eigenvalue weighted by Crippen LogP contribution is 2.22. The summed E-state index contributed by atoms with van der Waals surface area (Å²) in [6.07, 6.45) is 0.601. The summed E-state index contributed by atoms with van der Waals surface area (Å²) in [6, 6.07) is 17.3. The Bertz CT molecular complexity index is 534. The van der Waals surface area contributed by atoms with Crippen LogP contribution < -0.4 is 10.5 Å². The zero-order valence-corrected chi connectivity index (χ0v) is 10.9. The Morgan fingerprint density at radius 1 is 1.11 bits per heavy atom. The average Bonchev–Trinajstić information content (AvgIpc) is 2.46. The number of ether oxygens (including phenoxy) is 1. The molecular weight excluding hydrogens is 238 g/mol. The maximum absolute atomic E-state index is 11.6. The second-order valence-electron chi connectivity index (χ2n) is 4.42. The molecule has 2 rings (SSSR count). The fourth-order valence-corrected chi connectivity index (χ4v) is 2.07. The first-order valence-electron chi connectivity index (χ1n) is 6.18. The van der Waals surface area contributed by atoms with Gasteiger partial charge in [0, 0.05) is 0 Å². The molecule has 1 atom stereocenters. The van der Waals surface area contributed by atoms with Crippen molar-refractivity contribution in [2.24, 2.45) is 5.73 Å². The number of hydrogen-bond acceptors (Lipinski definition) is 2. The van der Waals surface area contributed by atoms with Gasteiger partial charge in [-0.25, -0.2) is 0 Å². The molecule has 2 N–H and O–H groups in total. The second-order valence-corrected chi connectivity index (χ2v) is 4.42. The molecule has 19 heavy (non-hydrogen) atoms. The van der Waals surface area contributed by atoms with Gasteiger partial charge in [0.2, 0.25) is 5.91 Å². The van der Waals surface area contributed by atoms with Crippen LogP contribution in [0.4, 0.5) is 0 Å². The molecule has 2 aromatic rings. The standard InChI is InChI=1S/C16H17NO2/c1-19-14-9-7-12(8-10-14)11-15(16(17)18)13-5-3-2-4-6-13/h2-10,15H,11H2,1H3,(H2,17,18). The topological polar surface area (TPSA) is 52.3 Å². The predicted octanol–water partition coefficient (Wildman–Crippen LogP) is 2.51. The monoisotopic (exact) mass is 255 g/mol. The molecule has 3 heteroatoms. The first kappa shape index (κ1) is 13.1. The van der Waals surface area contributed by atoms with E-state index in [1.165, 1.54) is 0 Å². The number of benzene rings is 2. The minimum absolute atomic E-state index is 0.297. The Labute approximate surface area is 113 Å². The lowest BCUT2D eigenvalue weighted by molar-refractivity contribution is -0.119. The lowest BCUT2D eigenvalue weighted by Crippen LogP contribution is -2.23. The lowest BCUT2D eigenvalue weighted by atomic mass is 9.91. The molecule has 0 heterocycles. The molecule has 0 fully saturated rings. The summed E-state index contributed by atoms with van der Waals surface area (Å²) < 4.78 is 5.11. The van der Waals surface area contributed by atoms with Crippen LogP contribution in [-0.2, 0) is 11.2 Å². The van der Waals surface area contributed by atoms with Gasteiger partial charge in [-0.2, -0.15) is 0 Å². The summed E-state index contributed by atoms with van der Waals surface area (Å²) in [7, 11) is 1.63. The predicted molar refractivity (Wildman–Crippen MR) is 75.1 cm³/mol. The van der Waals surface area contributed by atoms with E-state index in [1.807, 2.05) is 54.6 Å². The number of nitrogens with two attached hydrogens (primary N) is 1. The third-order valence-electron chi connectivity index (χ3n) is 3.14. The van der Waals surface area contributed by atoms with Crippen molar-refractivity contribution in [3.8, 4) is 5.75 Å². The van der Waals surface area contributed by atoms with Gasteiger partial charge in [-0.15, -0.1) is 0 Å². The van der Waals surface area contributed by atoms with Crippen LogP contribution >= 0.6 is 0 Å². The van der Waals surface area contributed by atoms with Gasteiger partial charge in [-0.3, -0.25) is 4.79 Å². The third kappa shape index (κ3) is 3.35. The van der Waals surface area contributed by atoms with E-state index in [0.717, 1.165) is 16.9 Å². The number of rotatable bonds is 5. The van der Waals surface area contributed by atoms with Gasteiger partial charge in [-0.05, 0) is 29.7 Å².